The fraction of sp³-hybridized carbons (Fsp3) is 0.217. The lowest BCUT2D eigenvalue weighted by molar-refractivity contribution is -0.119. The summed E-state index contributed by atoms with van der Waals surface area (Å²) in [6.07, 6.45) is 0. The minimum Gasteiger partial charge on any atom is -0.486 e. The molecule has 1 amide bonds. The first kappa shape index (κ1) is 20.8. The van der Waals surface area contributed by atoms with E-state index in [-0.39, 0.29) is 17.3 Å². The van der Waals surface area contributed by atoms with E-state index >= 15 is 0 Å². The second kappa shape index (κ2) is 8.48. The van der Waals surface area contributed by atoms with Crippen LogP contribution in [0.25, 0.3) is 0 Å². The van der Waals surface area contributed by atoms with Crippen LogP contribution < -0.4 is 25.7 Å². The molecule has 2 aromatic carbocycles. The molecule has 0 aliphatic carbocycles. The monoisotopic (exact) mass is 463 g/mol. The molecule has 0 saturated carbocycles. The fourth-order valence-electron chi connectivity index (χ4n) is 4.04. The maximum absolute atomic E-state index is 13.1. The number of aromatic nitrogens is 2. The summed E-state index contributed by atoms with van der Waals surface area (Å²) in [5.41, 5.74) is 1.25. The average Bonchev–Trinajstić information content (AvgIpc) is 2.81. The summed E-state index contributed by atoms with van der Waals surface area (Å²) in [6, 6.07) is 14.3. The molecular formula is C23H18ClN5O4. The molecule has 0 fully saturated rings. The number of nitrogens with one attached hydrogen (secondary N) is 3. The Morgan fingerprint density at radius 3 is 2.76 bits per heavy atom. The lowest BCUT2D eigenvalue weighted by Gasteiger charge is -2.28. The van der Waals surface area contributed by atoms with Gasteiger partial charge in [0.1, 0.15) is 24.9 Å². The molecule has 0 saturated heterocycles. The lowest BCUT2D eigenvalue weighted by Crippen LogP contribution is -2.38. The van der Waals surface area contributed by atoms with E-state index in [1.165, 1.54) is 0 Å². The Morgan fingerprint density at radius 2 is 1.97 bits per heavy atom. The summed E-state index contributed by atoms with van der Waals surface area (Å²) >= 11 is 6.12. The van der Waals surface area contributed by atoms with Crippen LogP contribution >= 0.6 is 11.6 Å². The van der Waals surface area contributed by atoms with E-state index in [4.69, 9.17) is 21.1 Å². The van der Waals surface area contributed by atoms with Gasteiger partial charge in [0, 0.05) is 17.5 Å². The van der Waals surface area contributed by atoms with Gasteiger partial charge in [-0.1, -0.05) is 29.8 Å². The van der Waals surface area contributed by atoms with Crippen LogP contribution in [-0.4, -0.2) is 29.1 Å². The van der Waals surface area contributed by atoms with Crippen LogP contribution in [0, 0.1) is 17.2 Å². The van der Waals surface area contributed by atoms with Crippen LogP contribution in [0.2, 0.25) is 5.02 Å². The predicted molar refractivity (Wildman–Crippen MR) is 121 cm³/mol. The zero-order chi connectivity index (χ0) is 22.9. The van der Waals surface area contributed by atoms with Crippen molar-refractivity contribution in [3.8, 4) is 17.6 Å². The molecule has 3 heterocycles. The van der Waals surface area contributed by atoms with Gasteiger partial charge in [-0.05, 0) is 35.4 Å². The zero-order valence-corrected chi connectivity index (χ0v) is 18.0. The average molecular weight is 464 g/mol. The second-order valence-electron chi connectivity index (χ2n) is 7.64. The third-order valence-corrected chi connectivity index (χ3v) is 5.77. The van der Waals surface area contributed by atoms with E-state index in [2.05, 4.69) is 20.6 Å². The molecule has 2 unspecified atom stereocenters. The maximum atomic E-state index is 13.1. The molecular weight excluding hydrogens is 446 g/mol. The van der Waals surface area contributed by atoms with Gasteiger partial charge in [-0.25, -0.2) is 0 Å². The number of anilines is 2. The van der Waals surface area contributed by atoms with E-state index in [1.807, 2.05) is 24.3 Å². The second-order valence-corrected chi connectivity index (χ2v) is 8.07. The third kappa shape index (κ3) is 3.97. The quantitative estimate of drug-likeness (QED) is 0.542. The highest BCUT2D eigenvalue weighted by molar-refractivity contribution is 6.30. The minimum absolute atomic E-state index is 0.116. The van der Waals surface area contributed by atoms with Crippen molar-refractivity contribution in [3.05, 3.63) is 74.5 Å². The van der Waals surface area contributed by atoms with Crippen LogP contribution in [0.5, 0.6) is 11.5 Å². The van der Waals surface area contributed by atoms with Crippen molar-refractivity contribution in [2.45, 2.75) is 12.5 Å². The largest absolute Gasteiger partial charge is 0.486 e. The van der Waals surface area contributed by atoms with E-state index in [9.17, 15) is 14.9 Å². The van der Waals surface area contributed by atoms with Crippen molar-refractivity contribution >= 4 is 29.3 Å². The summed E-state index contributed by atoms with van der Waals surface area (Å²) in [4.78, 5) is 32.8. The Bertz CT molecular complexity index is 1350. The third-order valence-electron chi connectivity index (χ3n) is 5.54. The Morgan fingerprint density at radius 1 is 1.15 bits per heavy atom. The standard InChI is InChI=1S/C23H18ClN5O4/c24-14-3-1-2-13(9-14)18-15(10-25)21(30)27-20-19(18)22(31)29-23(28-20)26-11-12-4-5-16-17(8-12)33-7-6-32-16/h1-5,8-9,15,18H,6-7,11H2,(H3,26,27,28,29,30,31). The van der Waals surface area contributed by atoms with Gasteiger partial charge in [0.15, 0.2) is 11.5 Å². The number of aromatic amines is 1. The molecule has 5 rings (SSSR count). The van der Waals surface area contributed by atoms with Gasteiger partial charge in [0.25, 0.3) is 5.56 Å². The number of nitrogens with zero attached hydrogens (tertiary/aromatic N) is 2. The normalized spacial score (nSPS) is 18.6. The van der Waals surface area contributed by atoms with Gasteiger partial charge in [-0.2, -0.15) is 10.2 Å². The first-order valence-electron chi connectivity index (χ1n) is 10.3. The zero-order valence-electron chi connectivity index (χ0n) is 17.2. The van der Waals surface area contributed by atoms with Crippen LogP contribution in [0.1, 0.15) is 22.6 Å². The molecule has 3 N–H and O–H groups in total. The van der Waals surface area contributed by atoms with Crippen molar-refractivity contribution in [2.75, 3.05) is 23.8 Å². The van der Waals surface area contributed by atoms with Crippen molar-refractivity contribution in [1.82, 2.24) is 9.97 Å². The van der Waals surface area contributed by atoms with Gasteiger partial charge in [-0.3, -0.25) is 14.6 Å². The summed E-state index contributed by atoms with van der Waals surface area (Å²) in [5, 5.41) is 15.7. The van der Waals surface area contributed by atoms with Gasteiger partial charge in [-0.15, -0.1) is 0 Å². The number of H-pyrrole nitrogens is 1. The number of carbonyl (C=O) groups is 1. The highest BCUT2D eigenvalue weighted by Crippen LogP contribution is 2.38. The van der Waals surface area contributed by atoms with E-state index < -0.39 is 23.3 Å². The van der Waals surface area contributed by atoms with Gasteiger partial charge >= 0.3 is 0 Å². The molecule has 166 valence electrons. The SMILES string of the molecule is N#CC1C(=O)Nc2nc(NCc3ccc4c(c3)OCCO4)[nH]c(=O)c2C1c1cccc(Cl)c1. The Kier molecular flexibility index (Phi) is 5.36. The Labute approximate surface area is 193 Å². The summed E-state index contributed by atoms with van der Waals surface area (Å²) in [6.45, 7) is 1.35. The molecule has 1 aromatic heterocycles. The number of nitriles is 1. The molecule has 9 nitrogen and oxygen atoms in total. The van der Waals surface area contributed by atoms with Crippen molar-refractivity contribution in [2.24, 2.45) is 5.92 Å². The molecule has 2 aliphatic heterocycles. The molecule has 0 spiro atoms. The number of carbonyl (C=O) groups excluding carboxylic acids is 1. The molecule has 0 radical (unpaired) electrons. The number of benzene rings is 2. The van der Waals surface area contributed by atoms with Gasteiger partial charge in [0.2, 0.25) is 11.9 Å². The molecule has 3 aromatic rings. The van der Waals surface area contributed by atoms with E-state index in [0.29, 0.717) is 41.8 Å². The summed E-state index contributed by atoms with van der Waals surface area (Å²) in [5.74, 6) is -0.750. The van der Waals surface area contributed by atoms with Crippen LogP contribution in [-0.2, 0) is 11.3 Å². The smallest absolute Gasteiger partial charge is 0.258 e. The van der Waals surface area contributed by atoms with Gasteiger partial charge in [0.05, 0.1) is 11.6 Å². The number of rotatable bonds is 4. The molecule has 0 bridgehead atoms. The highest BCUT2D eigenvalue weighted by atomic mass is 35.5. The molecule has 2 atom stereocenters. The number of hydrogen-bond acceptors (Lipinski definition) is 7. The van der Waals surface area contributed by atoms with Crippen LogP contribution in [0.4, 0.5) is 11.8 Å². The molecule has 10 heteroatoms. The number of hydrogen-bond donors (Lipinski definition) is 3. The van der Waals surface area contributed by atoms with Crippen LogP contribution in [0.15, 0.2) is 47.3 Å². The maximum Gasteiger partial charge on any atom is 0.258 e. The number of ether oxygens (including phenoxy) is 2. The topological polar surface area (TPSA) is 129 Å². The Hall–Kier alpha value is -4.03. The van der Waals surface area contributed by atoms with E-state index in [1.54, 1.807) is 24.3 Å². The minimum atomic E-state index is -1.09. The summed E-state index contributed by atoms with van der Waals surface area (Å²) < 4.78 is 11.1. The first-order valence-corrected chi connectivity index (χ1v) is 10.6. The fourth-order valence-corrected chi connectivity index (χ4v) is 4.24. The Balaban J connectivity index is 1.46. The number of halogens is 1. The van der Waals surface area contributed by atoms with E-state index in [0.717, 1.165) is 5.56 Å². The van der Waals surface area contributed by atoms with Crippen LogP contribution in [0.3, 0.4) is 0 Å². The first-order chi connectivity index (χ1) is 16.0. The summed E-state index contributed by atoms with van der Waals surface area (Å²) in [7, 11) is 0. The highest BCUT2D eigenvalue weighted by Gasteiger charge is 2.40. The lowest BCUT2D eigenvalue weighted by atomic mass is 9.79. The van der Waals surface area contributed by atoms with Gasteiger partial charge < -0.3 is 20.1 Å². The predicted octanol–water partition coefficient (Wildman–Crippen LogP) is 3.03. The number of amides is 1. The van der Waals surface area contributed by atoms with Crippen molar-refractivity contribution < 1.29 is 14.3 Å². The van der Waals surface area contributed by atoms with Crippen molar-refractivity contribution in [3.63, 3.8) is 0 Å². The molecule has 2 aliphatic rings. The van der Waals surface area contributed by atoms with Crippen molar-refractivity contribution in [1.29, 1.82) is 5.26 Å². The molecule has 33 heavy (non-hydrogen) atoms. The number of fused-ring (bicyclic) bond motifs is 2.